The zero-order valence-corrected chi connectivity index (χ0v) is 11.8. The van der Waals surface area contributed by atoms with E-state index in [0.717, 1.165) is 12.1 Å². The highest BCUT2D eigenvalue weighted by Crippen LogP contribution is 2.20. The first-order chi connectivity index (χ1) is 8.87. The minimum atomic E-state index is -4.03. The van der Waals surface area contributed by atoms with E-state index >= 15 is 0 Å². The van der Waals surface area contributed by atoms with E-state index in [4.69, 9.17) is 0 Å². The number of benzene rings is 2. The number of hydrogen-bond acceptors (Lipinski definition) is 2. The van der Waals surface area contributed by atoms with Crippen molar-refractivity contribution in [2.75, 3.05) is 4.72 Å². The number of nitrogens with one attached hydrogen (secondary N) is 1. The van der Waals surface area contributed by atoms with Crippen molar-refractivity contribution in [3.63, 3.8) is 0 Å². The van der Waals surface area contributed by atoms with E-state index in [0.29, 0.717) is 16.2 Å². The Kier molecular flexibility index (Phi) is 3.86. The second-order valence-electron chi connectivity index (χ2n) is 3.72. The molecule has 7 heteroatoms. The fourth-order valence-electron chi connectivity index (χ4n) is 1.45. The van der Waals surface area contributed by atoms with Crippen LogP contribution in [0.1, 0.15) is 0 Å². The van der Waals surface area contributed by atoms with Gasteiger partial charge in [0.15, 0.2) is 0 Å². The van der Waals surface area contributed by atoms with Crippen LogP contribution in [0, 0.1) is 11.6 Å². The smallest absolute Gasteiger partial charge is 0.262 e. The van der Waals surface area contributed by atoms with Crippen molar-refractivity contribution in [1.29, 1.82) is 0 Å². The minimum Gasteiger partial charge on any atom is -0.280 e. The molecule has 100 valence electrons. The quantitative estimate of drug-likeness (QED) is 0.923. The largest absolute Gasteiger partial charge is 0.280 e. The van der Waals surface area contributed by atoms with Crippen LogP contribution in [0.4, 0.5) is 14.5 Å². The molecule has 0 unspecified atom stereocenters. The third-order valence-electron chi connectivity index (χ3n) is 2.22. The molecule has 0 heterocycles. The normalized spacial score (nSPS) is 11.3. The molecule has 0 aliphatic carbocycles. The van der Waals surface area contributed by atoms with Gasteiger partial charge in [-0.2, -0.15) is 0 Å². The van der Waals surface area contributed by atoms with Gasteiger partial charge in [-0.3, -0.25) is 4.72 Å². The lowest BCUT2D eigenvalue weighted by atomic mass is 10.3. The van der Waals surface area contributed by atoms with Crippen LogP contribution < -0.4 is 4.72 Å². The first kappa shape index (κ1) is 14.0. The Bertz CT molecular complexity index is 699. The lowest BCUT2D eigenvalue weighted by molar-refractivity contribution is 0.568. The van der Waals surface area contributed by atoms with Crippen LogP contribution in [-0.4, -0.2) is 8.42 Å². The van der Waals surface area contributed by atoms with Gasteiger partial charge < -0.3 is 0 Å². The summed E-state index contributed by atoms with van der Waals surface area (Å²) in [6, 6.07) is 8.53. The SMILES string of the molecule is O=S(=O)(Nc1cccc(Br)c1)c1cc(F)cc(F)c1. The number of halogens is 3. The van der Waals surface area contributed by atoms with E-state index in [1.54, 1.807) is 12.1 Å². The predicted molar refractivity (Wildman–Crippen MR) is 71.3 cm³/mol. The van der Waals surface area contributed by atoms with Crippen LogP contribution in [0.5, 0.6) is 0 Å². The molecular weight excluding hydrogens is 340 g/mol. The standard InChI is InChI=1S/C12H8BrF2NO2S/c13-8-2-1-3-11(4-8)16-19(17,18)12-6-9(14)5-10(15)7-12/h1-7,16H. The molecule has 0 amide bonds. The summed E-state index contributed by atoms with van der Waals surface area (Å²) in [4.78, 5) is -0.468. The molecule has 19 heavy (non-hydrogen) atoms. The van der Waals surface area contributed by atoms with Gasteiger partial charge in [0.2, 0.25) is 0 Å². The Morgan fingerprint density at radius 1 is 1.00 bits per heavy atom. The van der Waals surface area contributed by atoms with E-state index in [2.05, 4.69) is 20.7 Å². The number of sulfonamides is 1. The summed E-state index contributed by atoms with van der Waals surface area (Å²) >= 11 is 3.19. The second-order valence-corrected chi connectivity index (χ2v) is 6.32. The van der Waals surface area contributed by atoms with Crippen molar-refractivity contribution in [2.45, 2.75) is 4.90 Å². The van der Waals surface area contributed by atoms with Crippen LogP contribution in [0.15, 0.2) is 51.8 Å². The molecule has 1 N–H and O–H groups in total. The summed E-state index contributed by atoms with van der Waals surface area (Å²) in [5.41, 5.74) is 0.291. The molecule has 0 saturated carbocycles. The average Bonchev–Trinajstić information content (AvgIpc) is 2.26. The Balaban J connectivity index is 2.37. The molecule has 3 nitrogen and oxygen atoms in total. The maximum absolute atomic E-state index is 13.0. The van der Waals surface area contributed by atoms with Gasteiger partial charge in [0, 0.05) is 16.2 Å². The summed E-state index contributed by atoms with van der Waals surface area (Å²) in [7, 11) is -4.03. The predicted octanol–water partition coefficient (Wildman–Crippen LogP) is 3.53. The average molecular weight is 348 g/mol. The van der Waals surface area contributed by atoms with Gasteiger partial charge in [-0.25, -0.2) is 17.2 Å². The Hall–Kier alpha value is -1.47. The first-order valence-electron chi connectivity index (χ1n) is 5.11. The molecule has 2 aromatic carbocycles. The molecule has 2 rings (SSSR count). The molecule has 0 aromatic heterocycles. The zero-order valence-electron chi connectivity index (χ0n) is 9.40. The third kappa shape index (κ3) is 3.51. The highest BCUT2D eigenvalue weighted by atomic mass is 79.9. The van der Waals surface area contributed by atoms with Gasteiger partial charge >= 0.3 is 0 Å². The molecule has 0 bridgehead atoms. The molecule has 0 aliphatic rings. The van der Waals surface area contributed by atoms with Crippen molar-refractivity contribution in [1.82, 2.24) is 0 Å². The van der Waals surface area contributed by atoms with Crippen molar-refractivity contribution < 1.29 is 17.2 Å². The second kappa shape index (κ2) is 5.26. The van der Waals surface area contributed by atoms with E-state index in [9.17, 15) is 17.2 Å². The molecular formula is C12H8BrF2NO2S. The van der Waals surface area contributed by atoms with Crippen molar-refractivity contribution in [2.24, 2.45) is 0 Å². The maximum atomic E-state index is 13.0. The summed E-state index contributed by atoms with van der Waals surface area (Å²) in [6.45, 7) is 0. The van der Waals surface area contributed by atoms with Crippen LogP contribution in [-0.2, 0) is 10.0 Å². The van der Waals surface area contributed by atoms with Crippen molar-refractivity contribution >= 4 is 31.6 Å². The highest BCUT2D eigenvalue weighted by Gasteiger charge is 2.16. The number of hydrogen-bond donors (Lipinski definition) is 1. The summed E-state index contributed by atoms with van der Waals surface area (Å²) in [5, 5.41) is 0. The molecule has 2 aromatic rings. The number of rotatable bonds is 3. The van der Waals surface area contributed by atoms with Crippen molar-refractivity contribution in [3.05, 3.63) is 58.6 Å². The Labute approximate surface area is 117 Å². The lowest BCUT2D eigenvalue weighted by Gasteiger charge is -2.08. The van der Waals surface area contributed by atoms with Crippen LogP contribution in [0.2, 0.25) is 0 Å². The van der Waals surface area contributed by atoms with Gasteiger partial charge in [0.1, 0.15) is 11.6 Å². The molecule has 0 atom stereocenters. The molecule has 0 radical (unpaired) electrons. The van der Waals surface area contributed by atoms with Gasteiger partial charge in [-0.1, -0.05) is 22.0 Å². The fourth-order valence-corrected chi connectivity index (χ4v) is 2.94. The molecule has 0 saturated heterocycles. The highest BCUT2D eigenvalue weighted by molar-refractivity contribution is 9.10. The first-order valence-corrected chi connectivity index (χ1v) is 7.39. The van der Waals surface area contributed by atoms with Gasteiger partial charge in [0.25, 0.3) is 10.0 Å². The van der Waals surface area contributed by atoms with Gasteiger partial charge in [0.05, 0.1) is 4.90 Å². The zero-order chi connectivity index (χ0) is 14.0. The monoisotopic (exact) mass is 347 g/mol. The Morgan fingerprint density at radius 2 is 1.63 bits per heavy atom. The third-order valence-corrected chi connectivity index (χ3v) is 4.08. The molecule has 0 fully saturated rings. The van der Waals surface area contributed by atoms with E-state index < -0.39 is 26.6 Å². The molecule has 0 spiro atoms. The number of anilines is 1. The lowest BCUT2D eigenvalue weighted by Crippen LogP contribution is -2.13. The van der Waals surface area contributed by atoms with Crippen LogP contribution in [0.25, 0.3) is 0 Å². The van der Waals surface area contributed by atoms with Gasteiger partial charge in [-0.15, -0.1) is 0 Å². The van der Waals surface area contributed by atoms with Gasteiger partial charge in [-0.05, 0) is 30.3 Å². The maximum Gasteiger partial charge on any atom is 0.262 e. The Morgan fingerprint density at radius 3 is 2.21 bits per heavy atom. The van der Waals surface area contributed by atoms with Crippen molar-refractivity contribution in [3.8, 4) is 0 Å². The summed E-state index contributed by atoms with van der Waals surface area (Å²) < 4.78 is 52.9. The summed E-state index contributed by atoms with van der Waals surface area (Å²) in [6.07, 6.45) is 0. The van der Waals surface area contributed by atoms with Crippen LogP contribution >= 0.6 is 15.9 Å². The van der Waals surface area contributed by atoms with Crippen LogP contribution in [0.3, 0.4) is 0 Å². The van der Waals surface area contributed by atoms with E-state index in [-0.39, 0.29) is 0 Å². The minimum absolute atomic E-state index is 0.291. The van der Waals surface area contributed by atoms with E-state index in [1.807, 2.05) is 0 Å². The summed E-state index contributed by atoms with van der Waals surface area (Å²) in [5.74, 6) is -1.90. The van der Waals surface area contributed by atoms with E-state index in [1.165, 1.54) is 12.1 Å². The fraction of sp³-hybridized carbons (Fsp3) is 0. The molecule has 0 aliphatic heterocycles. The topological polar surface area (TPSA) is 46.2 Å².